The van der Waals surface area contributed by atoms with Crippen molar-refractivity contribution in [2.24, 2.45) is 0 Å². The summed E-state index contributed by atoms with van der Waals surface area (Å²) in [6.45, 7) is 8.76. The van der Waals surface area contributed by atoms with Crippen LogP contribution in [0.15, 0.2) is 29.2 Å². The standard InChI is InChI=1S/C18H27O6PS/c1-13-8-10-14(11-9-13)26(21)17(5)12-18(17,25(20,22-6)23-7)15(19)24-16(2,3)4/h8-11H,12H2,1-7H3/t17-,18-,26?/m0/s1. The lowest BCUT2D eigenvalue weighted by Crippen LogP contribution is -2.40. The van der Waals surface area contributed by atoms with Crippen molar-refractivity contribution in [2.45, 2.75) is 61.4 Å². The molecule has 8 heteroatoms. The highest BCUT2D eigenvalue weighted by Crippen LogP contribution is 2.77. The second kappa shape index (κ2) is 6.86. The van der Waals surface area contributed by atoms with Crippen molar-refractivity contribution in [2.75, 3.05) is 14.2 Å². The molecule has 1 saturated carbocycles. The molecule has 1 unspecified atom stereocenters. The predicted octanol–water partition coefficient (Wildman–Crippen LogP) is 3.83. The van der Waals surface area contributed by atoms with E-state index in [1.165, 1.54) is 14.2 Å². The maximum Gasteiger partial charge on any atom is 0.349 e. The highest BCUT2D eigenvalue weighted by Gasteiger charge is 2.84. The smallest absolute Gasteiger partial charge is 0.349 e. The maximum atomic E-state index is 13.3. The molecule has 3 atom stereocenters. The number of esters is 1. The van der Waals surface area contributed by atoms with Crippen LogP contribution in [-0.2, 0) is 33.9 Å². The van der Waals surface area contributed by atoms with Crippen LogP contribution >= 0.6 is 7.60 Å². The first-order valence-corrected chi connectivity index (χ1v) is 11.0. The highest BCUT2D eigenvalue weighted by molar-refractivity contribution is 7.88. The van der Waals surface area contributed by atoms with Gasteiger partial charge in [-0.3, -0.25) is 13.6 Å². The van der Waals surface area contributed by atoms with Gasteiger partial charge in [0.2, 0.25) is 0 Å². The van der Waals surface area contributed by atoms with Gasteiger partial charge in [-0.1, -0.05) is 17.7 Å². The normalized spacial score (nSPS) is 27.0. The Balaban J connectivity index is 2.51. The van der Waals surface area contributed by atoms with Crippen molar-refractivity contribution in [1.29, 1.82) is 0 Å². The van der Waals surface area contributed by atoms with Crippen LogP contribution in [0.2, 0.25) is 0 Å². The van der Waals surface area contributed by atoms with Gasteiger partial charge in [0, 0.05) is 19.1 Å². The van der Waals surface area contributed by atoms with Crippen LogP contribution < -0.4 is 0 Å². The van der Waals surface area contributed by atoms with Crippen molar-refractivity contribution in [3.8, 4) is 0 Å². The quantitative estimate of drug-likeness (QED) is 0.532. The van der Waals surface area contributed by atoms with Gasteiger partial charge in [0.25, 0.3) is 0 Å². The number of rotatable bonds is 6. The van der Waals surface area contributed by atoms with E-state index in [9.17, 15) is 13.6 Å². The van der Waals surface area contributed by atoms with E-state index in [1.54, 1.807) is 39.8 Å². The average molecular weight is 402 g/mol. The Morgan fingerprint density at radius 2 is 1.65 bits per heavy atom. The molecule has 2 rings (SSSR count). The van der Waals surface area contributed by atoms with Gasteiger partial charge in [-0.05, 0) is 53.2 Å². The van der Waals surface area contributed by atoms with E-state index in [0.29, 0.717) is 4.90 Å². The summed E-state index contributed by atoms with van der Waals surface area (Å²) in [6.07, 6.45) is 0.0916. The molecule has 0 amide bonds. The third-order valence-electron chi connectivity index (χ3n) is 4.67. The Morgan fingerprint density at radius 1 is 1.15 bits per heavy atom. The van der Waals surface area contributed by atoms with Gasteiger partial charge in [-0.25, -0.2) is 0 Å². The van der Waals surface area contributed by atoms with Crippen LogP contribution in [0.3, 0.4) is 0 Å². The molecule has 0 radical (unpaired) electrons. The van der Waals surface area contributed by atoms with Gasteiger partial charge in [-0.15, -0.1) is 0 Å². The second-order valence-corrected chi connectivity index (χ2v) is 12.1. The van der Waals surface area contributed by atoms with Gasteiger partial charge in [0.05, 0.1) is 15.5 Å². The molecule has 1 aliphatic carbocycles. The zero-order valence-electron chi connectivity index (χ0n) is 16.3. The molecular weight excluding hydrogens is 375 g/mol. The van der Waals surface area contributed by atoms with Gasteiger partial charge >= 0.3 is 13.6 Å². The number of hydrogen-bond donors (Lipinski definition) is 0. The summed E-state index contributed by atoms with van der Waals surface area (Å²) in [5.41, 5.74) is 0.246. The molecular formula is C18H27O6PS. The fourth-order valence-electron chi connectivity index (χ4n) is 3.12. The molecule has 0 bridgehead atoms. The molecule has 0 N–H and O–H groups in total. The largest absolute Gasteiger partial charge is 0.459 e. The summed E-state index contributed by atoms with van der Waals surface area (Å²) in [6, 6.07) is 7.19. The Bertz CT molecular complexity index is 761. The molecule has 1 aromatic rings. The van der Waals surface area contributed by atoms with Gasteiger partial charge in [-0.2, -0.15) is 0 Å². The van der Waals surface area contributed by atoms with Gasteiger partial charge in [0.15, 0.2) is 5.16 Å². The van der Waals surface area contributed by atoms with E-state index in [4.69, 9.17) is 13.8 Å². The van der Waals surface area contributed by atoms with Crippen molar-refractivity contribution in [3.05, 3.63) is 29.8 Å². The van der Waals surface area contributed by atoms with E-state index < -0.39 is 39.9 Å². The minimum Gasteiger partial charge on any atom is -0.459 e. The molecule has 6 nitrogen and oxygen atoms in total. The lowest BCUT2D eigenvalue weighted by Gasteiger charge is -2.30. The molecule has 26 heavy (non-hydrogen) atoms. The summed E-state index contributed by atoms with van der Waals surface area (Å²) in [5.74, 6) is -0.708. The SMILES string of the molecule is COP(=O)(OC)[C@]1(C(=O)OC(C)(C)C)C[C@]1(C)S(=O)c1ccc(C)cc1. The van der Waals surface area contributed by atoms with Crippen LogP contribution in [0.25, 0.3) is 0 Å². The van der Waals surface area contributed by atoms with Crippen LogP contribution in [0.4, 0.5) is 0 Å². The molecule has 1 aromatic carbocycles. The van der Waals surface area contributed by atoms with Crippen LogP contribution in [-0.4, -0.2) is 39.9 Å². The lowest BCUT2D eigenvalue weighted by molar-refractivity contribution is -0.155. The topological polar surface area (TPSA) is 78.9 Å². The van der Waals surface area contributed by atoms with Gasteiger partial charge < -0.3 is 13.8 Å². The van der Waals surface area contributed by atoms with E-state index >= 15 is 0 Å². The van der Waals surface area contributed by atoms with E-state index in [1.807, 2.05) is 19.1 Å². The third kappa shape index (κ3) is 3.31. The van der Waals surface area contributed by atoms with Crippen molar-refractivity contribution >= 4 is 24.4 Å². The Hall–Kier alpha value is -1.01. The lowest BCUT2D eigenvalue weighted by atomic mass is 10.2. The zero-order valence-corrected chi connectivity index (χ0v) is 18.0. The molecule has 0 spiro atoms. The molecule has 0 heterocycles. The summed E-state index contributed by atoms with van der Waals surface area (Å²) < 4.78 is 41.3. The van der Waals surface area contributed by atoms with Crippen molar-refractivity contribution < 1.29 is 27.4 Å². The van der Waals surface area contributed by atoms with Crippen LogP contribution in [0.5, 0.6) is 0 Å². The first kappa shape index (κ1) is 21.3. The summed E-state index contributed by atoms with van der Waals surface area (Å²) in [4.78, 5) is 13.6. The monoisotopic (exact) mass is 402 g/mol. The molecule has 0 aliphatic heterocycles. The summed E-state index contributed by atoms with van der Waals surface area (Å²) in [5, 5.41) is -1.60. The highest BCUT2D eigenvalue weighted by atomic mass is 32.2. The zero-order chi connectivity index (χ0) is 20.0. The fraction of sp³-hybridized carbons (Fsp3) is 0.611. The van der Waals surface area contributed by atoms with Crippen molar-refractivity contribution in [3.63, 3.8) is 0 Å². The minimum absolute atomic E-state index is 0.0916. The molecule has 0 aromatic heterocycles. The van der Waals surface area contributed by atoms with E-state index in [0.717, 1.165) is 5.56 Å². The number of carbonyl (C=O) groups is 1. The summed E-state index contributed by atoms with van der Waals surface area (Å²) >= 11 is 0. The second-order valence-electron chi connectivity index (χ2n) is 7.71. The number of hydrogen-bond acceptors (Lipinski definition) is 6. The Labute approximate surface area is 157 Å². The first-order valence-electron chi connectivity index (χ1n) is 8.30. The molecule has 1 aliphatic rings. The van der Waals surface area contributed by atoms with E-state index in [-0.39, 0.29) is 6.42 Å². The summed E-state index contributed by atoms with van der Waals surface area (Å²) in [7, 11) is -3.03. The van der Waals surface area contributed by atoms with Gasteiger partial charge in [0.1, 0.15) is 5.60 Å². The van der Waals surface area contributed by atoms with Crippen LogP contribution in [0, 0.1) is 6.92 Å². The number of benzene rings is 1. The molecule has 146 valence electrons. The molecule has 0 saturated heterocycles. The number of carbonyl (C=O) groups excluding carboxylic acids is 1. The maximum absolute atomic E-state index is 13.3. The molecule has 1 fully saturated rings. The first-order chi connectivity index (χ1) is 11.9. The third-order valence-corrected chi connectivity index (χ3v) is 9.57. The number of aryl methyl sites for hydroxylation is 1. The van der Waals surface area contributed by atoms with Crippen LogP contribution in [0.1, 0.15) is 39.7 Å². The van der Waals surface area contributed by atoms with E-state index in [2.05, 4.69) is 0 Å². The fourth-order valence-corrected chi connectivity index (χ4v) is 7.58. The average Bonchev–Trinajstić information content (AvgIpc) is 3.22. The Kier molecular flexibility index (Phi) is 5.62. The number of ether oxygens (including phenoxy) is 1. The predicted molar refractivity (Wildman–Crippen MR) is 101 cm³/mol. The minimum atomic E-state index is -3.89. The van der Waals surface area contributed by atoms with Crippen molar-refractivity contribution in [1.82, 2.24) is 0 Å². The Morgan fingerprint density at radius 3 is 2.08 bits per heavy atom.